The van der Waals surface area contributed by atoms with Crippen LogP contribution in [0.1, 0.15) is 51.7 Å². The molecule has 0 saturated heterocycles. The topological polar surface area (TPSA) is 46.3 Å². The van der Waals surface area contributed by atoms with Crippen LogP contribution in [0.4, 0.5) is 0 Å². The summed E-state index contributed by atoms with van der Waals surface area (Å²) in [6.45, 7) is 9.24. The molecule has 1 aromatic rings. The standard InChI is InChI=1S/C17H28N2O/c1-6-7-15(18)16(20)19(5)12-13-8-10-14(11-9-13)17(2,3)4/h8-11,15H,6-7,12,18H2,1-5H3. The molecule has 0 bridgehead atoms. The monoisotopic (exact) mass is 276 g/mol. The van der Waals surface area contributed by atoms with Crippen molar-refractivity contribution >= 4 is 5.91 Å². The molecule has 0 radical (unpaired) electrons. The Morgan fingerprint density at radius 1 is 1.25 bits per heavy atom. The summed E-state index contributed by atoms with van der Waals surface area (Å²) in [6, 6.07) is 8.09. The highest BCUT2D eigenvalue weighted by atomic mass is 16.2. The van der Waals surface area contributed by atoms with Crippen LogP contribution in [-0.2, 0) is 16.8 Å². The summed E-state index contributed by atoms with van der Waals surface area (Å²) in [7, 11) is 1.82. The summed E-state index contributed by atoms with van der Waals surface area (Å²) in [5.41, 5.74) is 8.47. The highest BCUT2D eigenvalue weighted by Crippen LogP contribution is 2.22. The van der Waals surface area contributed by atoms with E-state index in [1.807, 2.05) is 14.0 Å². The molecule has 1 amide bonds. The lowest BCUT2D eigenvalue weighted by Crippen LogP contribution is -2.41. The second kappa shape index (κ2) is 6.89. The fraction of sp³-hybridized carbons (Fsp3) is 0.588. The lowest BCUT2D eigenvalue weighted by Gasteiger charge is -2.22. The molecule has 1 unspecified atom stereocenters. The summed E-state index contributed by atoms with van der Waals surface area (Å²) in [5.74, 6) is 0.0201. The third-order valence-electron chi connectivity index (χ3n) is 3.53. The fourth-order valence-corrected chi connectivity index (χ4v) is 2.18. The fourth-order valence-electron chi connectivity index (χ4n) is 2.18. The molecular formula is C17H28N2O. The quantitative estimate of drug-likeness (QED) is 0.898. The van der Waals surface area contributed by atoms with Gasteiger partial charge in [-0.1, -0.05) is 58.4 Å². The molecule has 1 aromatic carbocycles. The maximum atomic E-state index is 12.1. The number of carbonyl (C=O) groups excluding carboxylic acids is 1. The molecule has 3 heteroatoms. The minimum atomic E-state index is -0.376. The van der Waals surface area contributed by atoms with Gasteiger partial charge in [-0.15, -0.1) is 0 Å². The number of hydrogen-bond donors (Lipinski definition) is 1. The van der Waals surface area contributed by atoms with Crippen molar-refractivity contribution in [3.63, 3.8) is 0 Å². The molecule has 0 aliphatic heterocycles. The van der Waals surface area contributed by atoms with E-state index in [9.17, 15) is 4.79 Å². The van der Waals surface area contributed by atoms with Gasteiger partial charge in [-0.25, -0.2) is 0 Å². The van der Waals surface area contributed by atoms with Gasteiger partial charge in [0.15, 0.2) is 0 Å². The van der Waals surface area contributed by atoms with Gasteiger partial charge in [-0.2, -0.15) is 0 Å². The first-order chi connectivity index (χ1) is 9.25. The number of nitrogens with two attached hydrogens (primary N) is 1. The Balaban J connectivity index is 2.67. The summed E-state index contributed by atoms with van der Waals surface area (Å²) < 4.78 is 0. The van der Waals surface area contributed by atoms with Crippen LogP contribution in [0.15, 0.2) is 24.3 Å². The van der Waals surface area contributed by atoms with Gasteiger partial charge in [0.1, 0.15) is 0 Å². The molecular weight excluding hydrogens is 248 g/mol. The maximum absolute atomic E-state index is 12.1. The van der Waals surface area contributed by atoms with Crippen LogP contribution in [0.5, 0.6) is 0 Å². The van der Waals surface area contributed by atoms with E-state index in [2.05, 4.69) is 45.0 Å². The van der Waals surface area contributed by atoms with Crippen LogP contribution < -0.4 is 5.73 Å². The number of nitrogens with zero attached hydrogens (tertiary/aromatic N) is 1. The summed E-state index contributed by atoms with van der Waals surface area (Å²) in [6.07, 6.45) is 1.67. The smallest absolute Gasteiger partial charge is 0.239 e. The Bertz CT molecular complexity index is 431. The SMILES string of the molecule is CCCC(N)C(=O)N(C)Cc1ccc(C(C)(C)C)cc1. The number of benzene rings is 1. The van der Waals surface area contributed by atoms with Crippen molar-refractivity contribution in [2.24, 2.45) is 5.73 Å². The van der Waals surface area contributed by atoms with Gasteiger partial charge >= 0.3 is 0 Å². The minimum absolute atomic E-state index is 0.0201. The van der Waals surface area contributed by atoms with Gasteiger partial charge in [0.2, 0.25) is 5.91 Å². The van der Waals surface area contributed by atoms with E-state index in [0.717, 1.165) is 18.4 Å². The van der Waals surface area contributed by atoms with E-state index in [1.165, 1.54) is 5.56 Å². The minimum Gasteiger partial charge on any atom is -0.340 e. The van der Waals surface area contributed by atoms with Crippen molar-refractivity contribution in [1.82, 2.24) is 4.90 Å². The lowest BCUT2D eigenvalue weighted by molar-refractivity contribution is -0.131. The molecule has 0 spiro atoms. The largest absolute Gasteiger partial charge is 0.340 e. The number of carbonyl (C=O) groups is 1. The molecule has 0 saturated carbocycles. The van der Waals surface area contributed by atoms with E-state index in [1.54, 1.807) is 4.90 Å². The third kappa shape index (κ3) is 4.64. The van der Waals surface area contributed by atoms with E-state index >= 15 is 0 Å². The van der Waals surface area contributed by atoms with Crippen molar-refractivity contribution in [1.29, 1.82) is 0 Å². The van der Waals surface area contributed by atoms with Gasteiger partial charge < -0.3 is 10.6 Å². The molecule has 0 heterocycles. The van der Waals surface area contributed by atoms with Gasteiger partial charge in [-0.05, 0) is 23.0 Å². The summed E-state index contributed by atoms with van der Waals surface area (Å²) >= 11 is 0. The van der Waals surface area contributed by atoms with E-state index in [4.69, 9.17) is 5.73 Å². The average Bonchev–Trinajstić information content (AvgIpc) is 2.37. The normalized spacial score (nSPS) is 13.1. The summed E-state index contributed by atoms with van der Waals surface area (Å²) in [5, 5.41) is 0. The van der Waals surface area contributed by atoms with Gasteiger partial charge in [-0.3, -0.25) is 4.79 Å². The second-order valence-corrected chi connectivity index (χ2v) is 6.54. The highest BCUT2D eigenvalue weighted by Gasteiger charge is 2.17. The van der Waals surface area contributed by atoms with Crippen LogP contribution in [0.25, 0.3) is 0 Å². The molecule has 0 fully saturated rings. The Hall–Kier alpha value is -1.35. The van der Waals surface area contributed by atoms with Crippen molar-refractivity contribution < 1.29 is 4.79 Å². The zero-order valence-corrected chi connectivity index (χ0v) is 13.4. The summed E-state index contributed by atoms with van der Waals surface area (Å²) in [4.78, 5) is 13.8. The molecule has 0 aromatic heterocycles. The predicted molar refractivity (Wildman–Crippen MR) is 84.5 cm³/mol. The molecule has 2 N–H and O–H groups in total. The van der Waals surface area contributed by atoms with Gasteiger partial charge in [0.25, 0.3) is 0 Å². The first-order valence-electron chi connectivity index (χ1n) is 7.35. The van der Waals surface area contributed by atoms with Crippen molar-refractivity contribution in [2.75, 3.05) is 7.05 Å². The molecule has 0 aliphatic rings. The Morgan fingerprint density at radius 3 is 2.25 bits per heavy atom. The molecule has 112 valence electrons. The molecule has 20 heavy (non-hydrogen) atoms. The lowest BCUT2D eigenvalue weighted by atomic mass is 9.87. The Kier molecular flexibility index (Phi) is 5.75. The van der Waals surface area contributed by atoms with Gasteiger partial charge in [0, 0.05) is 13.6 Å². The first-order valence-corrected chi connectivity index (χ1v) is 7.35. The van der Waals surface area contributed by atoms with Gasteiger partial charge in [0.05, 0.1) is 6.04 Å². The van der Waals surface area contributed by atoms with Crippen molar-refractivity contribution in [2.45, 2.75) is 58.5 Å². The van der Waals surface area contributed by atoms with Crippen LogP contribution in [-0.4, -0.2) is 23.9 Å². The highest BCUT2D eigenvalue weighted by molar-refractivity contribution is 5.81. The van der Waals surface area contributed by atoms with E-state index in [-0.39, 0.29) is 17.4 Å². The Morgan fingerprint density at radius 2 is 1.80 bits per heavy atom. The maximum Gasteiger partial charge on any atom is 0.239 e. The molecule has 3 nitrogen and oxygen atoms in total. The first kappa shape index (κ1) is 16.7. The van der Waals surface area contributed by atoms with Crippen molar-refractivity contribution in [3.05, 3.63) is 35.4 Å². The van der Waals surface area contributed by atoms with Crippen molar-refractivity contribution in [3.8, 4) is 0 Å². The second-order valence-electron chi connectivity index (χ2n) is 6.54. The van der Waals surface area contributed by atoms with Crippen LogP contribution in [0.3, 0.4) is 0 Å². The van der Waals surface area contributed by atoms with E-state index in [0.29, 0.717) is 6.54 Å². The molecule has 1 rings (SSSR count). The zero-order valence-electron chi connectivity index (χ0n) is 13.4. The number of rotatable bonds is 5. The van der Waals surface area contributed by atoms with Crippen LogP contribution >= 0.6 is 0 Å². The number of hydrogen-bond acceptors (Lipinski definition) is 2. The zero-order chi connectivity index (χ0) is 15.3. The average molecular weight is 276 g/mol. The number of likely N-dealkylation sites (N-methyl/N-ethyl adjacent to an activating group) is 1. The van der Waals surface area contributed by atoms with Crippen LogP contribution in [0, 0.1) is 0 Å². The third-order valence-corrected chi connectivity index (χ3v) is 3.53. The van der Waals surface area contributed by atoms with Crippen LogP contribution in [0.2, 0.25) is 0 Å². The van der Waals surface area contributed by atoms with E-state index < -0.39 is 0 Å². The molecule has 0 aliphatic carbocycles. The number of amides is 1. The Labute approximate surface area is 123 Å². The predicted octanol–water partition coefficient (Wildman–Crippen LogP) is 3.07. The molecule has 1 atom stereocenters.